The maximum absolute atomic E-state index is 5.78. The minimum absolute atomic E-state index is 0.387. The van der Waals surface area contributed by atoms with Crippen LogP contribution in [0.5, 0.6) is 5.75 Å². The average molecular weight is 366 g/mol. The summed E-state index contributed by atoms with van der Waals surface area (Å²) in [4.78, 5) is 1.51. The highest BCUT2D eigenvalue weighted by Gasteiger charge is 2.23. The topological polar surface area (TPSA) is 21.3 Å². The molecule has 21 heavy (non-hydrogen) atoms. The summed E-state index contributed by atoms with van der Waals surface area (Å²) in [5.74, 6) is 0.957. The smallest absolute Gasteiger partial charge is 0.142 e. The maximum atomic E-state index is 5.78. The second-order valence-corrected chi connectivity index (χ2v) is 7.97. The third-order valence-corrected chi connectivity index (χ3v) is 5.56. The minimum Gasteiger partial charge on any atom is -0.492 e. The number of aryl methyl sites for hydroxylation is 2. The molecular formula is C17H20BrNOS. The molecule has 1 aromatic heterocycles. The lowest BCUT2D eigenvalue weighted by atomic mass is 9.94. The Kier molecular flexibility index (Phi) is 4.55. The summed E-state index contributed by atoms with van der Waals surface area (Å²) in [6, 6.07) is 9.04. The van der Waals surface area contributed by atoms with E-state index in [0.717, 1.165) is 11.4 Å². The van der Waals surface area contributed by atoms with Crippen LogP contribution in [0.4, 0.5) is 5.69 Å². The molecule has 1 heterocycles. The first-order chi connectivity index (χ1) is 10.2. The fraction of sp³-hybridized carbons (Fsp3) is 0.412. The number of anilines is 1. The van der Waals surface area contributed by atoms with Gasteiger partial charge in [0.15, 0.2) is 0 Å². The summed E-state index contributed by atoms with van der Waals surface area (Å²) in [5.41, 5.74) is 3.77. The molecule has 1 aliphatic rings. The first kappa shape index (κ1) is 14.9. The number of hydrogen-bond donors (Lipinski definition) is 1. The highest BCUT2D eigenvalue weighted by molar-refractivity contribution is 9.11. The van der Waals surface area contributed by atoms with E-state index in [1.54, 1.807) is 0 Å². The van der Waals surface area contributed by atoms with Gasteiger partial charge < -0.3 is 10.1 Å². The Labute approximate surface area is 138 Å². The van der Waals surface area contributed by atoms with Gasteiger partial charge in [-0.25, -0.2) is 0 Å². The van der Waals surface area contributed by atoms with Gasteiger partial charge in [-0.15, -0.1) is 11.3 Å². The standard InChI is InChI=1S/C17H20BrNOS/c1-3-20-15-9-11(2)7-8-14(15)19-13-5-4-6-16-12(13)10-17(18)21-16/h7-10,13,19H,3-6H2,1-2H3. The van der Waals surface area contributed by atoms with Gasteiger partial charge in [-0.05, 0) is 78.4 Å². The molecule has 0 aliphatic heterocycles. The molecule has 1 atom stereocenters. The van der Waals surface area contributed by atoms with Crippen LogP contribution in [0.3, 0.4) is 0 Å². The van der Waals surface area contributed by atoms with Gasteiger partial charge in [0, 0.05) is 4.88 Å². The van der Waals surface area contributed by atoms with Crippen molar-refractivity contribution in [2.45, 2.75) is 39.2 Å². The van der Waals surface area contributed by atoms with Crippen molar-refractivity contribution in [3.8, 4) is 5.75 Å². The molecule has 1 N–H and O–H groups in total. The fourth-order valence-corrected chi connectivity index (χ4v) is 4.70. The van der Waals surface area contributed by atoms with Crippen molar-refractivity contribution in [3.63, 3.8) is 0 Å². The highest BCUT2D eigenvalue weighted by atomic mass is 79.9. The van der Waals surface area contributed by atoms with Crippen LogP contribution in [0, 0.1) is 6.92 Å². The molecule has 0 bridgehead atoms. The lowest BCUT2D eigenvalue weighted by molar-refractivity contribution is 0.341. The van der Waals surface area contributed by atoms with Crippen molar-refractivity contribution in [3.05, 3.63) is 44.1 Å². The van der Waals surface area contributed by atoms with Gasteiger partial charge in [-0.3, -0.25) is 0 Å². The monoisotopic (exact) mass is 365 g/mol. The third-order valence-electron chi connectivity index (χ3n) is 3.85. The number of nitrogens with one attached hydrogen (secondary N) is 1. The zero-order chi connectivity index (χ0) is 14.8. The number of ether oxygens (including phenoxy) is 1. The summed E-state index contributed by atoms with van der Waals surface area (Å²) < 4.78 is 7.02. The van der Waals surface area contributed by atoms with E-state index >= 15 is 0 Å². The number of thiophene rings is 1. The Bertz CT molecular complexity index is 638. The van der Waals surface area contributed by atoms with E-state index in [2.05, 4.69) is 52.4 Å². The maximum Gasteiger partial charge on any atom is 0.142 e. The van der Waals surface area contributed by atoms with Gasteiger partial charge in [0.25, 0.3) is 0 Å². The second-order valence-electron chi connectivity index (χ2n) is 5.45. The number of rotatable bonds is 4. The Balaban J connectivity index is 1.87. The number of halogens is 1. The van der Waals surface area contributed by atoms with Gasteiger partial charge in [-0.1, -0.05) is 6.07 Å². The molecule has 1 aromatic carbocycles. The van der Waals surface area contributed by atoms with Crippen LogP contribution in [0.15, 0.2) is 28.1 Å². The summed E-state index contributed by atoms with van der Waals surface area (Å²) in [6.45, 7) is 4.82. The molecule has 2 aromatic rings. The van der Waals surface area contributed by atoms with Crippen LogP contribution in [0.25, 0.3) is 0 Å². The van der Waals surface area contributed by atoms with E-state index in [1.165, 1.54) is 39.1 Å². The van der Waals surface area contributed by atoms with Gasteiger partial charge in [0.2, 0.25) is 0 Å². The largest absolute Gasteiger partial charge is 0.492 e. The summed E-state index contributed by atoms with van der Waals surface area (Å²) in [6.07, 6.45) is 3.62. The zero-order valence-corrected chi connectivity index (χ0v) is 14.8. The van der Waals surface area contributed by atoms with Crippen LogP contribution >= 0.6 is 27.3 Å². The average Bonchev–Trinajstić information content (AvgIpc) is 2.83. The van der Waals surface area contributed by atoms with E-state index in [-0.39, 0.29) is 0 Å². The van der Waals surface area contributed by atoms with Gasteiger partial charge in [0.05, 0.1) is 22.1 Å². The molecule has 112 valence electrons. The van der Waals surface area contributed by atoms with E-state index in [1.807, 2.05) is 18.3 Å². The predicted molar refractivity (Wildman–Crippen MR) is 93.7 cm³/mol. The second kappa shape index (κ2) is 6.41. The summed E-state index contributed by atoms with van der Waals surface area (Å²) in [5, 5.41) is 3.69. The van der Waals surface area contributed by atoms with E-state index < -0.39 is 0 Å². The lowest BCUT2D eigenvalue weighted by Crippen LogP contribution is -2.16. The highest BCUT2D eigenvalue weighted by Crippen LogP contribution is 2.40. The normalized spacial score (nSPS) is 17.4. The molecular weight excluding hydrogens is 346 g/mol. The molecule has 2 nitrogen and oxygen atoms in total. The molecule has 0 saturated heterocycles. The Morgan fingerprint density at radius 3 is 3.05 bits per heavy atom. The summed E-state index contributed by atoms with van der Waals surface area (Å²) >= 11 is 5.49. The SMILES string of the molecule is CCOc1cc(C)ccc1NC1CCCc2sc(Br)cc21. The lowest BCUT2D eigenvalue weighted by Gasteiger charge is -2.25. The van der Waals surface area contributed by atoms with Crippen LogP contribution < -0.4 is 10.1 Å². The van der Waals surface area contributed by atoms with Crippen molar-refractivity contribution in [1.82, 2.24) is 0 Å². The van der Waals surface area contributed by atoms with Gasteiger partial charge in [0.1, 0.15) is 5.75 Å². The van der Waals surface area contributed by atoms with Crippen LogP contribution in [0.2, 0.25) is 0 Å². The van der Waals surface area contributed by atoms with Gasteiger partial charge >= 0.3 is 0 Å². The van der Waals surface area contributed by atoms with E-state index in [4.69, 9.17) is 4.74 Å². The van der Waals surface area contributed by atoms with Crippen molar-refractivity contribution in [2.24, 2.45) is 0 Å². The number of benzene rings is 1. The number of hydrogen-bond acceptors (Lipinski definition) is 3. The van der Waals surface area contributed by atoms with Crippen LogP contribution in [-0.2, 0) is 6.42 Å². The predicted octanol–water partition coefficient (Wildman–Crippen LogP) is 5.71. The van der Waals surface area contributed by atoms with Gasteiger partial charge in [-0.2, -0.15) is 0 Å². The van der Waals surface area contributed by atoms with Crippen LogP contribution in [0.1, 0.15) is 41.8 Å². The molecule has 0 fully saturated rings. The molecule has 3 rings (SSSR count). The molecule has 0 radical (unpaired) electrons. The molecule has 4 heteroatoms. The quantitative estimate of drug-likeness (QED) is 0.749. The number of fused-ring (bicyclic) bond motifs is 1. The Morgan fingerprint density at radius 1 is 1.38 bits per heavy atom. The molecule has 0 spiro atoms. The first-order valence-corrected chi connectivity index (χ1v) is 9.06. The van der Waals surface area contributed by atoms with Crippen LogP contribution in [-0.4, -0.2) is 6.61 Å². The summed E-state index contributed by atoms with van der Waals surface area (Å²) in [7, 11) is 0. The Morgan fingerprint density at radius 2 is 2.24 bits per heavy atom. The zero-order valence-electron chi connectivity index (χ0n) is 12.4. The minimum atomic E-state index is 0.387. The molecule has 1 aliphatic carbocycles. The van der Waals surface area contributed by atoms with Crippen molar-refractivity contribution >= 4 is 33.0 Å². The third kappa shape index (κ3) is 3.27. The first-order valence-electron chi connectivity index (χ1n) is 7.45. The molecule has 1 unspecified atom stereocenters. The Hall–Kier alpha value is -1.00. The van der Waals surface area contributed by atoms with Crippen molar-refractivity contribution in [2.75, 3.05) is 11.9 Å². The van der Waals surface area contributed by atoms with E-state index in [9.17, 15) is 0 Å². The molecule has 0 amide bonds. The van der Waals surface area contributed by atoms with Crippen molar-refractivity contribution in [1.29, 1.82) is 0 Å². The van der Waals surface area contributed by atoms with Crippen molar-refractivity contribution < 1.29 is 4.74 Å². The van der Waals surface area contributed by atoms with E-state index in [0.29, 0.717) is 12.6 Å². The fourth-order valence-electron chi connectivity index (χ4n) is 2.88. The molecule has 0 saturated carbocycles.